The third kappa shape index (κ3) is 6.15. The molecule has 0 aromatic heterocycles. The van der Waals surface area contributed by atoms with E-state index in [9.17, 15) is 13.2 Å². The smallest absolute Gasteiger partial charge is 0.263 e. The topological polar surface area (TPSA) is 103 Å². The minimum absolute atomic E-state index is 0.0379. The van der Waals surface area contributed by atoms with Gasteiger partial charge in [-0.3, -0.25) is 10.1 Å². The monoisotopic (exact) mass is 488 g/mol. The standard InChI is InChI=1S/C25H32N2O6S/c1-31-22-11-9-21(10-12-22)20-7-5-19(6-8-20)18-26-25(13-16-34(29,30)17-14-25)24(28)27-33-23-4-2-3-15-32-23/h5-12,23,26H,2-4,13-18H2,1H3,(H,27,28). The van der Waals surface area contributed by atoms with Crippen LogP contribution in [0.5, 0.6) is 5.75 Å². The molecule has 2 saturated heterocycles. The molecule has 1 unspecified atom stereocenters. The van der Waals surface area contributed by atoms with Crippen LogP contribution in [0.4, 0.5) is 0 Å². The lowest BCUT2D eigenvalue weighted by atomic mass is 9.91. The van der Waals surface area contributed by atoms with Gasteiger partial charge in [0.2, 0.25) is 0 Å². The Morgan fingerprint density at radius 2 is 1.68 bits per heavy atom. The van der Waals surface area contributed by atoms with E-state index >= 15 is 0 Å². The molecule has 2 aliphatic heterocycles. The van der Waals surface area contributed by atoms with Crippen molar-refractivity contribution in [2.75, 3.05) is 25.2 Å². The summed E-state index contributed by atoms with van der Waals surface area (Å²) in [5, 5.41) is 3.34. The minimum Gasteiger partial charge on any atom is -0.497 e. The van der Waals surface area contributed by atoms with Crippen LogP contribution in [0.3, 0.4) is 0 Å². The van der Waals surface area contributed by atoms with E-state index < -0.39 is 21.7 Å². The summed E-state index contributed by atoms with van der Waals surface area (Å²) in [5.41, 5.74) is 4.66. The van der Waals surface area contributed by atoms with Crippen molar-refractivity contribution in [3.05, 3.63) is 54.1 Å². The second-order valence-corrected chi connectivity index (χ2v) is 11.2. The molecule has 0 radical (unpaired) electrons. The molecule has 8 nitrogen and oxygen atoms in total. The molecule has 2 aromatic rings. The van der Waals surface area contributed by atoms with Gasteiger partial charge in [-0.2, -0.15) is 0 Å². The number of hydrogen-bond donors (Lipinski definition) is 2. The van der Waals surface area contributed by atoms with Gasteiger partial charge in [-0.1, -0.05) is 36.4 Å². The van der Waals surface area contributed by atoms with Crippen LogP contribution in [0.25, 0.3) is 11.1 Å². The molecule has 4 rings (SSSR count). The fourth-order valence-electron chi connectivity index (χ4n) is 4.26. The van der Waals surface area contributed by atoms with Gasteiger partial charge < -0.3 is 9.47 Å². The number of amides is 1. The third-order valence-corrected chi connectivity index (χ3v) is 8.20. The van der Waals surface area contributed by atoms with E-state index in [0.29, 0.717) is 13.2 Å². The molecule has 2 aromatic carbocycles. The summed E-state index contributed by atoms with van der Waals surface area (Å²) in [6.45, 7) is 1.03. The van der Waals surface area contributed by atoms with Crippen molar-refractivity contribution in [3.8, 4) is 16.9 Å². The minimum atomic E-state index is -3.14. The first-order chi connectivity index (χ1) is 16.4. The van der Waals surface area contributed by atoms with Crippen LogP contribution in [0.2, 0.25) is 0 Å². The maximum atomic E-state index is 13.1. The van der Waals surface area contributed by atoms with Crippen molar-refractivity contribution in [2.24, 2.45) is 0 Å². The summed E-state index contributed by atoms with van der Waals surface area (Å²) in [7, 11) is -1.50. The summed E-state index contributed by atoms with van der Waals surface area (Å²) in [6.07, 6.45) is 2.60. The van der Waals surface area contributed by atoms with Gasteiger partial charge in [-0.05, 0) is 54.5 Å². The van der Waals surface area contributed by atoms with Crippen LogP contribution in [0.15, 0.2) is 48.5 Å². The molecule has 2 N–H and O–H groups in total. The number of hydroxylamine groups is 1. The van der Waals surface area contributed by atoms with E-state index in [1.165, 1.54) is 0 Å². The Morgan fingerprint density at radius 3 is 2.26 bits per heavy atom. The van der Waals surface area contributed by atoms with Gasteiger partial charge >= 0.3 is 0 Å². The molecular weight excluding hydrogens is 456 g/mol. The van der Waals surface area contributed by atoms with E-state index in [-0.39, 0.29) is 30.3 Å². The van der Waals surface area contributed by atoms with Crippen LogP contribution in [-0.4, -0.2) is 51.4 Å². The molecule has 2 aliphatic rings. The Morgan fingerprint density at radius 1 is 1.03 bits per heavy atom. The average molecular weight is 489 g/mol. The number of nitrogens with one attached hydrogen (secondary N) is 2. The number of sulfone groups is 1. The summed E-state index contributed by atoms with van der Waals surface area (Å²) >= 11 is 0. The highest BCUT2D eigenvalue weighted by molar-refractivity contribution is 7.91. The summed E-state index contributed by atoms with van der Waals surface area (Å²) in [6, 6.07) is 15.9. The Kier molecular flexibility index (Phi) is 7.88. The Labute approximate surface area is 200 Å². The SMILES string of the molecule is COc1ccc(-c2ccc(CNC3(C(=O)NOC4CCCCO4)CCS(=O)(=O)CC3)cc2)cc1. The van der Waals surface area contributed by atoms with E-state index in [2.05, 4.69) is 10.8 Å². The molecule has 1 atom stereocenters. The maximum Gasteiger partial charge on any atom is 0.263 e. The molecule has 0 aliphatic carbocycles. The quantitative estimate of drug-likeness (QED) is 0.551. The fourth-order valence-corrected chi connectivity index (χ4v) is 5.78. The van der Waals surface area contributed by atoms with Crippen LogP contribution < -0.4 is 15.5 Å². The zero-order chi connectivity index (χ0) is 24.0. The van der Waals surface area contributed by atoms with Gasteiger partial charge in [0.05, 0.1) is 18.6 Å². The Hall–Kier alpha value is -2.46. The number of benzene rings is 2. The van der Waals surface area contributed by atoms with Crippen molar-refractivity contribution in [1.82, 2.24) is 10.8 Å². The Bertz CT molecular complexity index is 1050. The second kappa shape index (κ2) is 10.9. The number of rotatable bonds is 8. The average Bonchev–Trinajstić information content (AvgIpc) is 2.88. The number of hydrogen-bond acceptors (Lipinski definition) is 7. The lowest BCUT2D eigenvalue weighted by Gasteiger charge is -2.37. The first-order valence-corrected chi connectivity index (χ1v) is 13.5. The highest BCUT2D eigenvalue weighted by Gasteiger charge is 2.43. The van der Waals surface area contributed by atoms with Gasteiger partial charge in [-0.25, -0.2) is 18.7 Å². The molecular formula is C25H32N2O6S. The molecule has 184 valence electrons. The fraction of sp³-hybridized carbons (Fsp3) is 0.480. The highest BCUT2D eigenvalue weighted by Crippen LogP contribution is 2.27. The normalized spacial score (nSPS) is 21.5. The summed E-state index contributed by atoms with van der Waals surface area (Å²) in [5.74, 6) is 0.376. The summed E-state index contributed by atoms with van der Waals surface area (Å²) in [4.78, 5) is 18.6. The van der Waals surface area contributed by atoms with E-state index in [1.54, 1.807) is 7.11 Å². The zero-order valence-electron chi connectivity index (χ0n) is 19.4. The van der Waals surface area contributed by atoms with Gasteiger partial charge in [0.15, 0.2) is 6.29 Å². The number of carbonyl (C=O) groups excluding carboxylic acids is 1. The largest absolute Gasteiger partial charge is 0.497 e. The summed E-state index contributed by atoms with van der Waals surface area (Å²) < 4.78 is 34.8. The molecule has 34 heavy (non-hydrogen) atoms. The van der Waals surface area contributed by atoms with Crippen LogP contribution in [-0.2, 0) is 30.8 Å². The second-order valence-electron chi connectivity index (χ2n) is 8.86. The molecule has 0 spiro atoms. The first-order valence-electron chi connectivity index (χ1n) is 11.7. The third-order valence-electron chi connectivity index (χ3n) is 6.54. The van der Waals surface area contributed by atoms with Crippen molar-refractivity contribution in [3.63, 3.8) is 0 Å². The first kappa shape index (κ1) is 24.7. The van der Waals surface area contributed by atoms with Crippen molar-refractivity contribution in [2.45, 2.75) is 50.5 Å². The predicted octanol–water partition coefficient (Wildman–Crippen LogP) is 2.97. The van der Waals surface area contributed by atoms with Crippen molar-refractivity contribution in [1.29, 1.82) is 0 Å². The molecule has 0 bridgehead atoms. The van der Waals surface area contributed by atoms with Gasteiger partial charge in [0, 0.05) is 19.6 Å². The number of methoxy groups -OCH3 is 1. The molecule has 2 fully saturated rings. The number of carbonyl (C=O) groups is 1. The number of ether oxygens (including phenoxy) is 2. The lowest BCUT2D eigenvalue weighted by Crippen LogP contribution is -2.60. The van der Waals surface area contributed by atoms with Crippen LogP contribution >= 0.6 is 0 Å². The Balaban J connectivity index is 1.41. The van der Waals surface area contributed by atoms with E-state index in [0.717, 1.165) is 41.7 Å². The molecule has 1 amide bonds. The van der Waals surface area contributed by atoms with Crippen LogP contribution in [0, 0.1) is 0 Å². The van der Waals surface area contributed by atoms with Crippen molar-refractivity contribution < 1.29 is 27.5 Å². The van der Waals surface area contributed by atoms with Gasteiger partial charge in [0.1, 0.15) is 21.1 Å². The molecule has 2 heterocycles. The predicted molar refractivity (Wildman–Crippen MR) is 129 cm³/mol. The van der Waals surface area contributed by atoms with E-state index in [1.807, 2.05) is 48.5 Å². The van der Waals surface area contributed by atoms with Gasteiger partial charge in [0.25, 0.3) is 5.91 Å². The zero-order valence-corrected chi connectivity index (χ0v) is 20.2. The van der Waals surface area contributed by atoms with Crippen LogP contribution in [0.1, 0.15) is 37.7 Å². The molecule has 9 heteroatoms. The maximum absolute atomic E-state index is 13.1. The van der Waals surface area contributed by atoms with E-state index in [4.69, 9.17) is 14.3 Å². The van der Waals surface area contributed by atoms with Crippen molar-refractivity contribution >= 4 is 15.7 Å². The highest BCUT2D eigenvalue weighted by atomic mass is 32.2. The van der Waals surface area contributed by atoms with Gasteiger partial charge in [-0.15, -0.1) is 0 Å². The molecule has 0 saturated carbocycles. The lowest BCUT2D eigenvalue weighted by molar-refractivity contribution is -0.203.